The van der Waals surface area contributed by atoms with Crippen LogP contribution in [0.2, 0.25) is 0 Å². The van der Waals surface area contributed by atoms with Crippen molar-refractivity contribution in [1.82, 2.24) is 15.2 Å². The number of thiazole rings is 1. The van der Waals surface area contributed by atoms with E-state index in [-0.39, 0.29) is 12.5 Å². The Balaban J connectivity index is 2.19. The van der Waals surface area contributed by atoms with E-state index in [0.29, 0.717) is 10.7 Å². The second-order valence-corrected chi connectivity index (χ2v) is 4.08. The number of nitrogens with two attached hydrogens (primary N) is 1. The fourth-order valence-corrected chi connectivity index (χ4v) is 1.83. The number of carbonyl (C=O) groups is 1. The fourth-order valence-electron chi connectivity index (χ4n) is 1.09. The van der Waals surface area contributed by atoms with Gasteiger partial charge in [0.25, 0.3) is 0 Å². The van der Waals surface area contributed by atoms with Gasteiger partial charge in [0.05, 0.1) is 11.5 Å². The Morgan fingerprint density at radius 3 is 2.82 bits per heavy atom. The van der Waals surface area contributed by atoms with Crippen molar-refractivity contribution in [2.45, 2.75) is 6.61 Å². The van der Waals surface area contributed by atoms with E-state index in [0.717, 1.165) is 4.88 Å². The highest BCUT2D eigenvalue weighted by molar-refractivity contribution is 7.14. The average molecular weight is 252 g/mol. The smallest absolute Gasteiger partial charge is 0.391 e. The molecule has 0 aliphatic rings. The third kappa shape index (κ3) is 2.74. The van der Waals surface area contributed by atoms with E-state index >= 15 is 0 Å². The van der Waals surface area contributed by atoms with Crippen molar-refractivity contribution >= 4 is 17.4 Å². The van der Waals surface area contributed by atoms with E-state index in [1.165, 1.54) is 17.4 Å². The highest BCUT2D eigenvalue weighted by Gasteiger charge is 2.07. The van der Waals surface area contributed by atoms with Crippen molar-refractivity contribution in [3.8, 4) is 16.6 Å². The first-order chi connectivity index (χ1) is 8.19. The highest BCUT2D eigenvalue weighted by atomic mass is 32.1. The number of aromatic nitrogens is 3. The summed E-state index contributed by atoms with van der Waals surface area (Å²) in [6, 6.07) is 3.07. The van der Waals surface area contributed by atoms with Gasteiger partial charge in [-0.25, -0.2) is 9.78 Å². The molecule has 3 N–H and O–H groups in total. The number of aliphatic hydroxyl groups excluding tert-OH is 1. The predicted molar refractivity (Wildman–Crippen MR) is 59.3 cm³/mol. The minimum absolute atomic E-state index is 0.0280. The molecule has 88 valence electrons. The summed E-state index contributed by atoms with van der Waals surface area (Å²) in [5.74, 6) is 0.0280. The average Bonchev–Trinajstić information content (AvgIpc) is 2.78. The second-order valence-electron chi connectivity index (χ2n) is 2.97. The summed E-state index contributed by atoms with van der Waals surface area (Å²) in [6.07, 6.45) is 0.624. The molecule has 8 heteroatoms. The SMILES string of the molecule is NC(=O)Oc1ccc(-c2ncc(CO)s2)nn1. The van der Waals surface area contributed by atoms with Gasteiger partial charge in [-0.3, -0.25) is 0 Å². The first-order valence-electron chi connectivity index (χ1n) is 4.56. The zero-order valence-corrected chi connectivity index (χ0v) is 9.35. The van der Waals surface area contributed by atoms with Crippen LogP contribution in [-0.2, 0) is 6.61 Å². The monoisotopic (exact) mass is 252 g/mol. The first-order valence-corrected chi connectivity index (χ1v) is 5.37. The van der Waals surface area contributed by atoms with Crippen LogP contribution in [0.3, 0.4) is 0 Å². The molecule has 2 heterocycles. The van der Waals surface area contributed by atoms with E-state index < -0.39 is 6.09 Å². The molecule has 0 unspecified atom stereocenters. The summed E-state index contributed by atoms with van der Waals surface area (Å²) in [4.78, 5) is 15.3. The van der Waals surface area contributed by atoms with Gasteiger partial charge in [0.15, 0.2) is 0 Å². The maximum atomic E-state index is 10.5. The van der Waals surface area contributed by atoms with Gasteiger partial charge in [-0.15, -0.1) is 21.5 Å². The van der Waals surface area contributed by atoms with Crippen LogP contribution in [0.25, 0.3) is 10.7 Å². The van der Waals surface area contributed by atoms with Crippen LogP contribution in [0.15, 0.2) is 18.3 Å². The number of carbonyl (C=O) groups excluding carboxylic acids is 1. The standard InChI is InChI=1S/C9H8N4O3S/c10-9(15)16-7-2-1-6(12-13-7)8-11-3-5(4-14)17-8/h1-3,14H,4H2,(H2,10,15). The molecule has 1 amide bonds. The van der Waals surface area contributed by atoms with Crippen molar-refractivity contribution < 1.29 is 14.6 Å². The molecule has 0 bridgehead atoms. The molecule has 0 fully saturated rings. The quantitative estimate of drug-likeness (QED) is 0.825. The molecular formula is C9H8N4O3S. The molecule has 17 heavy (non-hydrogen) atoms. The molecule has 0 aromatic carbocycles. The number of primary amides is 1. The van der Waals surface area contributed by atoms with E-state index in [9.17, 15) is 4.79 Å². The summed E-state index contributed by atoms with van der Waals surface area (Å²) >= 11 is 1.31. The number of aliphatic hydroxyl groups is 1. The van der Waals surface area contributed by atoms with E-state index in [2.05, 4.69) is 19.9 Å². The molecular weight excluding hydrogens is 244 g/mol. The lowest BCUT2D eigenvalue weighted by Gasteiger charge is -1.98. The van der Waals surface area contributed by atoms with Gasteiger partial charge in [0, 0.05) is 12.3 Å². The van der Waals surface area contributed by atoms with Crippen LogP contribution in [-0.4, -0.2) is 26.4 Å². The molecule has 2 aromatic rings. The number of rotatable bonds is 3. The number of nitrogens with zero attached hydrogens (tertiary/aromatic N) is 3. The molecule has 0 aliphatic heterocycles. The Kier molecular flexibility index (Phi) is 3.26. The zero-order chi connectivity index (χ0) is 12.3. The van der Waals surface area contributed by atoms with Gasteiger partial charge < -0.3 is 15.6 Å². The Morgan fingerprint density at radius 1 is 1.47 bits per heavy atom. The minimum Gasteiger partial charge on any atom is -0.391 e. The minimum atomic E-state index is -0.941. The fraction of sp³-hybridized carbons (Fsp3) is 0.111. The topological polar surface area (TPSA) is 111 Å². The van der Waals surface area contributed by atoms with E-state index in [4.69, 9.17) is 10.8 Å². The van der Waals surface area contributed by atoms with Crippen LogP contribution >= 0.6 is 11.3 Å². The molecule has 0 radical (unpaired) electrons. The zero-order valence-electron chi connectivity index (χ0n) is 8.53. The normalized spacial score (nSPS) is 10.2. The van der Waals surface area contributed by atoms with Gasteiger partial charge in [-0.05, 0) is 6.07 Å². The molecule has 0 saturated carbocycles. The van der Waals surface area contributed by atoms with E-state index in [1.54, 1.807) is 12.3 Å². The highest BCUT2D eigenvalue weighted by Crippen LogP contribution is 2.23. The molecule has 7 nitrogen and oxygen atoms in total. The van der Waals surface area contributed by atoms with Gasteiger partial charge >= 0.3 is 6.09 Å². The number of hydrogen-bond donors (Lipinski definition) is 2. The van der Waals surface area contributed by atoms with Gasteiger partial charge in [-0.2, -0.15) is 0 Å². The van der Waals surface area contributed by atoms with Gasteiger partial charge in [0.2, 0.25) is 5.88 Å². The Hall–Kier alpha value is -2.06. The number of hydrogen-bond acceptors (Lipinski definition) is 7. The maximum absolute atomic E-state index is 10.5. The predicted octanol–water partition coefficient (Wildman–Crippen LogP) is 0.550. The Labute approximate surface area is 99.9 Å². The molecule has 0 atom stereocenters. The molecule has 0 aliphatic carbocycles. The largest absolute Gasteiger partial charge is 0.411 e. The Bertz CT molecular complexity index is 525. The summed E-state index contributed by atoms with van der Waals surface area (Å²) in [5.41, 5.74) is 5.36. The van der Waals surface area contributed by atoms with Crippen molar-refractivity contribution in [3.05, 3.63) is 23.2 Å². The summed E-state index contributed by atoms with van der Waals surface area (Å²) in [7, 11) is 0. The lowest BCUT2D eigenvalue weighted by molar-refractivity contribution is 0.208. The maximum Gasteiger partial charge on any atom is 0.411 e. The van der Waals surface area contributed by atoms with Crippen molar-refractivity contribution in [1.29, 1.82) is 0 Å². The molecule has 0 saturated heterocycles. The van der Waals surface area contributed by atoms with Crippen LogP contribution in [0.4, 0.5) is 4.79 Å². The lowest BCUT2D eigenvalue weighted by Crippen LogP contribution is -2.17. The summed E-state index contributed by atoms with van der Waals surface area (Å²) in [5, 5.41) is 17.0. The van der Waals surface area contributed by atoms with Crippen LogP contribution in [0, 0.1) is 0 Å². The Morgan fingerprint density at radius 2 is 2.29 bits per heavy atom. The van der Waals surface area contributed by atoms with Crippen molar-refractivity contribution in [2.24, 2.45) is 5.73 Å². The lowest BCUT2D eigenvalue weighted by atomic mass is 10.4. The van der Waals surface area contributed by atoms with Crippen LogP contribution in [0.5, 0.6) is 5.88 Å². The first kappa shape index (κ1) is 11.4. The number of ether oxygens (including phenoxy) is 1. The second kappa shape index (κ2) is 4.85. The van der Waals surface area contributed by atoms with Crippen molar-refractivity contribution in [2.75, 3.05) is 0 Å². The van der Waals surface area contributed by atoms with Crippen LogP contribution < -0.4 is 10.5 Å². The van der Waals surface area contributed by atoms with Gasteiger partial charge in [-0.1, -0.05) is 0 Å². The van der Waals surface area contributed by atoms with Crippen molar-refractivity contribution in [3.63, 3.8) is 0 Å². The molecule has 0 spiro atoms. The summed E-state index contributed by atoms with van der Waals surface area (Å²) in [6.45, 7) is -0.0615. The number of amides is 1. The summed E-state index contributed by atoms with van der Waals surface area (Å²) < 4.78 is 4.54. The van der Waals surface area contributed by atoms with Crippen LogP contribution in [0.1, 0.15) is 4.88 Å². The molecule has 2 rings (SSSR count). The third-order valence-corrected chi connectivity index (χ3v) is 2.78. The van der Waals surface area contributed by atoms with Gasteiger partial charge in [0.1, 0.15) is 10.7 Å². The third-order valence-electron chi connectivity index (χ3n) is 1.77. The van der Waals surface area contributed by atoms with E-state index in [1.807, 2.05) is 0 Å². The molecule has 2 aromatic heterocycles.